The topological polar surface area (TPSA) is 32.3 Å². The first-order chi connectivity index (χ1) is 8.40. The van der Waals surface area contributed by atoms with E-state index in [9.17, 15) is 0 Å². The van der Waals surface area contributed by atoms with Gasteiger partial charge in [0.25, 0.3) is 0 Å². The van der Waals surface area contributed by atoms with Gasteiger partial charge in [-0.2, -0.15) is 0 Å². The largest absolute Gasteiger partial charge is 0.396 e. The maximum Gasteiger partial charge on any atom is 0.0431 e. The third-order valence-corrected chi connectivity index (χ3v) is 2.90. The highest BCUT2D eigenvalue weighted by molar-refractivity contribution is 5.82. The standard InChI is InChI=1S/C15H19NO/c17-10-4-3-9-16-12-13-7-8-14-5-1-2-6-15(14)11-13/h1-2,5-8,11,16-17H,3-4,9-10,12H2. The Morgan fingerprint density at radius 2 is 1.76 bits per heavy atom. The smallest absolute Gasteiger partial charge is 0.0431 e. The number of unbranched alkanes of at least 4 members (excludes halogenated alkanes) is 1. The second-order valence-electron chi connectivity index (χ2n) is 4.29. The van der Waals surface area contributed by atoms with Crippen molar-refractivity contribution < 1.29 is 5.11 Å². The van der Waals surface area contributed by atoms with Crippen molar-refractivity contribution >= 4 is 10.8 Å². The lowest BCUT2D eigenvalue weighted by atomic mass is 10.1. The van der Waals surface area contributed by atoms with Crippen molar-refractivity contribution in [2.75, 3.05) is 13.2 Å². The second kappa shape index (κ2) is 6.38. The number of hydrogen-bond donors (Lipinski definition) is 2. The molecule has 0 spiro atoms. The van der Waals surface area contributed by atoms with Gasteiger partial charge in [-0.25, -0.2) is 0 Å². The van der Waals surface area contributed by atoms with Crippen LogP contribution in [0.2, 0.25) is 0 Å². The van der Waals surface area contributed by atoms with Gasteiger partial charge in [0, 0.05) is 13.2 Å². The van der Waals surface area contributed by atoms with E-state index in [1.807, 2.05) is 0 Å². The number of aliphatic hydroxyl groups excluding tert-OH is 1. The lowest BCUT2D eigenvalue weighted by molar-refractivity contribution is 0.283. The highest BCUT2D eigenvalue weighted by Crippen LogP contribution is 2.15. The predicted octanol–water partition coefficient (Wildman–Crippen LogP) is 2.70. The number of fused-ring (bicyclic) bond motifs is 1. The van der Waals surface area contributed by atoms with Gasteiger partial charge in [-0.15, -0.1) is 0 Å². The molecule has 2 heteroatoms. The minimum absolute atomic E-state index is 0.289. The van der Waals surface area contributed by atoms with Gasteiger partial charge >= 0.3 is 0 Å². The van der Waals surface area contributed by atoms with Crippen molar-refractivity contribution in [3.8, 4) is 0 Å². The minimum atomic E-state index is 0.289. The van der Waals surface area contributed by atoms with Crippen LogP contribution < -0.4 is 5.32 Å². The molecule has 2 aromatic carbocycles. The van der Waals surface area contributed by atoms with Crippen molar-refractivity contribution in [1.82, 2.24) is 5.32 Å². The molecule has 0 aliphatic rings. The van der Waals surface area contributed by atoms with Crippen LogP contribution >= 0.6 is 0 Å². The minimum Gasteiger partial charge on any atom is -0.396 e. The Balaban J connectivity index is 1.90. The van der Waals surface area contributed by atoms with E-state index in [1.165, 1.54) is 16.3 Å². The molecule has 2 aromatic rings. The van der Waals surface area contributed by atoms with Crippen LogP contribution in [0, 0.1) is 0 Å². The molecule has 0 aromatic heterocycles. The summed E-state index contributed by atoms with van der Waals surface area (Å²) in [5.74, 6) is 0. The molecule has 0 fully saturated rings. The average molecular weight is 229 g/mol. The summed E-state index contributed by atoms with van der Waals surface area (Å²) in [5.41, 5.74) is 1.31. The number of nitrogens with one attached hydrogen (secondary N) is 1. The summed E-state index contributed by atoms with van der Waals surface area (Å²) in [4.78, 5) is 0. The van der Waals surface area contributed by atoms with Gasteiger partial charge in [-0.05, 0) is 41.8 Å². The number of aliphatic hydroxyl groups is 1. The van der Waals surface area contributed by atoms with E-state index >= 15 is 0 Å². The van der Waals surface area contributed by atoms with Gasteiger partial charge in [0.15, 0.2) is 0 Å². The SMILES string of the molecule is OCCCCNCc1ccc2ccccc2c1. The van der Waals surface area contributed by atoms with E-state index in [2.05, 4.69) is 47.8 Å². The number of rotatable bonds is 6. The Kier molecular flexibility index (Phi) is 4.54. The molecule has 0 radical (unpaired) electrons. The van der Waals surface area contributed by atoms with Crippen LogP contribution in [0.25, 0.3) is 10.8 Å². The normalized spacial score (nSPS) is 10.9. The van der Waals surface area contributed by atoms with Gasteiger partial charge in [0.2, 0.25) is 0 Å². The summed E-state index contributed by atoms with van der Waals surface area (Å²) < 4.78 is 0. The predicted molar refractivity (Wildman–Crippen MR) is 72.0 cm³/mol. The molecule has 0 amide bonds. The van der Waals surface area contributed by atoms with Crippen molar-refractivity contribution in [1.29, 1.82) is 0 Å². The molecule has 0 aliphatic heterocycles. The average Bonchev–Trinajstić information content (AvgIpc) is 2.38. The summed E-state index contributed by atoms with van der Waals surface area (Å²) >= 11 is 0. The Hall–Kier alpha value is -1.38. The van der Waals surface area contributed by atoms with Crippen LogP contribution in [-0.2, 0) is 6.54 Å². The molecule has 17 heavy (non-hydrogen) atoms. The summed E-state index contributed by atoms with van der Waals surface area (Å²) in [6.07, 6.45) is 1.91. The zero-order chi connectivity index (χ0) is 11.9. The van der Waals surface area contributed by atoms with Crippen LogP contribution in [0.15, 0.2) is 42.5 Å². The van der Waals surface area contributed by atoms with Gasteiger partial charge < -0.3 is 10.4 Å². The van der Waals surface area contributed by atoms with Crippen LogP contribution in [0.4, 0.5) is 0 Å². The van der Waals surface area contributed by atoms with Crippen LogP contribution in [0.3, 0.4) is 0 Å². The summed E-state index contributed by atoms with van der Waals surface area (Å²) in [5, 5.41) is 14.6. The van der Waals surface area contributed by atoms with Gasteiger partial charge in [-0.1, -0.05) is 36.4 Å². The fraction of sp³-hybridized carbons (Fsp3) is 0.333. The van der Waals surface area contributed by atoms with Crippen molar-refractivity contribution in [3.05, 3.63) is 48.0 Å². The molecule has 0 aliphatic carbocycles. The first-order valence-corrected chi connectivity index (χ1v) is 6.19. The fourth-order valence-corrected chi connectivity index (χ4v) is 1.94. The highest BCUT2D eigenvalue weighted by atomic mass is 16.2. The molecule has 0 atom stereocenters. The number of hydrogen-bond acceptors (Lipinski definition) is 2. The molecule has 0 saturated carbocycles. The van der Waals surface area contributed by atoms with Crippen LogP contribution in [0.1, 0.15) is 18.4 Å². The zero-order valence-corrected chi connectivity index (χ0v) is 10.0. The lowest BCUT2D eigenvalue weighted by Crippen LogP contribution is -2.14. The Labute approximate surface area is 102 Å². The lowest BCUT2D eigenvalue weighted by Gasteiger charge is -2.05. The first-order valence-electron chi connectivity index (χ1n) is 6.19. The van der Waals surface area contributed by atoms with E-state index < -0.39 is 0 Å². The fourth-order valence-electron chi connectivity index (χ4n) is 1.94. The zero-order valence-electron chi connectivity index (χ0n) is 10.0. The van der Waals surface area contributed by atoms with Crippen LogP contribution in [0.5, 0.6) is 0 Å². The third-order valence-electron chi connectivity index (χ3n) is 2.90. The maximum absolute atomic E-state index is 8.67. The molecule has 90 valence electrons. The van der Waals surface area contributed by atoms with Crippen molar-refractivity contribution in [2.24, 2.45) is 0 Å². The quantitative estimate of drug-likeness (QED) is 0.746. The van der Waals surface area contributed by atoms with Crippen molar-refractivity contribution in [3.63, 3.8) is 0 Å². The molecular weight excluding hydrogens is 210 g/mol. The van der Waals surface area contributed by atoms with Gasteiger partial charge in [0.05, 0.1) is 0 Å². The summed E-state index contributed by atoms with van der Waals surface area (Å²) in [6.45, 7) is 2.15. The van der Waals surface area contributed by atoms with Crippen LogP contribution in [-0.4, -0.2) is 18.3 Å². The monoisotopic (exact) mass is 229 g/mol. The molecule has 2 nitrogen and oxygen atoms in total. The molecule has 2 rings (SSSR count). The van der Waals surface area contributed by atoms with Crippen molar-refractivity contribution in [2.45, 2.75) is 19.4 Å². The highest BCUT2D eigenvalue weighted by Gasteiger charge is 1.95. The van der Waals surface area contributed by atoms with E-state index in [-0.39, 0.29) is 6.61 Å². The van der Waals surface area contributed by atoms with Gasteiger partial charge in [-0.3, -0.25) is 0 Å². The summed E-state index contributed by atoms with van der Waals surface area (Å²) in [6, 6.07) is 15.0. The molecule has 0 saturated heterocycles. The van der Waals surface area contributed by atoms with E-state index in [0.29, 0.717) is 0 Å². The van der Waals surface area contributed by atoms with E-state index in [4.69, 9.17) is 5.11 Å². The molecule has 0 unspecified atom stereocenters. The first kappa shape index (κ1) is 12.1. The molecule has 2 N–H and O–H groups in total. The molecular formula is C15H19NO. The Bertz CT molecular complexity index is 467. The third kappa shape index (κ3) is 3.55. The Morgan fingerprint density at radius 3 is 2.59 bits per heavy atom. The second-order valence-corrected chi connectivity index (χ2v) is 4.29. The molecule has 0 heterocycles. The maximum atomic E-state index is 8.67. The van der Waals surface area contributed by atoms with E-state index in [0.717, 1.165) is 25.9 Å². The summed E-state index contributed by atoms with van der Waals surface area (Å²) in [7, 11) is 0. The van der Waals surface area contributed by atoms with Gasteiger partial charge in [0.1, 0.15) is 0 Å². The van der Waals surface area contributed by atoms with E-state index in [1.54, 1.807) is 0 Å². The molecule has 0 bridgehead atoms. The Morgan fingerprint density at radius 1 is 0.941 bits per heavy atom. The number of benzene rings is 2.